The minimum Gasteiger partial charge on any atom is -0.289 e. The molecule has 0 bridgehead atoms. The Morgan fingerprint density at radius 1 is 0.500 bits per heavy atom. The highest BCUT2D eigenvalue weighted by Crippen LogP contribution is 2.38. The van der Waals surface area contributed by atoms with Crippen LogP contribution in [-0.2, 0) is 0 Å². The maximum Gasteiger partial charge on any atom is 0.189 e. The summed E-state index contributed by atoms with van der Waals surface area (Å²) in [4.78, 5) is 25.3. The Morgan fingerprint density at radius 3 is 1.18 bits per heavy atom. The van der Waals surface area contributed by atoms with Gasteiger partial charge in [0.1, 0.15) is 0 Å². The van der Waals surface area contributed by atoms with Crippen molar-refractivity contribution in [3.8, 4) is 0 Å². The Labute approximate surface area is 165 Å². The molecule has 2 nitrogen and oxygen atoms in total. The summed E-state index contributed by atoms with van der Waals surface area (Å²) in [5, 5.41) is 0. The van der Waals surface area contributed by atoms with Crippen LogP contribution in [0.5, 0.6) is 0 Å². The number of Topliss-reactive ketones (excluding diaryl/α,β-unsaturated/α-hetero) is 2. The predicted molar refractivity (Wildman–Crippen MR) is 114 cm³/mol. The second kappa shape index (κ2) is 6.72. The second-order valence-electron chi connectivity index (χ2n) is 7.41. The molecule has 4 rings (SSSR count). The molecule has 28 heavy (non-hydrogen) atoms. The fourth-order valence-corrected chi connectivity index (χ4v) is 3.98. The Hall–Kier alpha value is -3.26. The Bertz CT molecular complexity index is 1070. The molecule has 2 aromatic rings. The lowest BCUT2D eigenvalue weighted by atomic mass is 9.80. The molecule has 0 spiro atoms. The average Bonchev–Trinajstić information content (AvgIpc) is 2.72. The third kappa shape index (κ3) is 2.65. The van der Waals surface area contributed by atoms with Crippen molar-refractivity contribution >= 4 is 22.7 Å². The first-order chi connectivity index (χ1) is 13.4. The summed E-state index contributed by atoms with van der Waals surface area (Å²) in [6, 6.07) is 15.5. The first-order valence-electron chi connectivity index (χ1n) is 9.47. The van der Waals surface area contributed by atoms with Crippen LogP contribution in [0.1, 0.15) is 59.5 Å². The molecule has 0 fully saturated rings. The molecule has 0 amide bonds. The van der Waals surface area contributed by atoms with E-state index in [1.165, 1.54) is 0 Å². The van der Waals surface area contributed by atoms with E-state index in [0.29, 0.717) is 0 Å². The molecule has 0 saturated heterocycles. The third-order valence-corrected chi connectivity index (χ3v) is 5.95. The molecule has 138 valence electrons. The standard InChI is InChI=1S/C26H22O2/c1-15-17(3)25(27)23-11-7-5-9-21(23)19(15)13-14-20-16(2)18(4)26(28)24-12-8-6-10-22(20)24/h5-14H,1-4H3/b19-13-,20-14-. The van der Waals surface area contributed by atoms with Crippen LogP contribution in [-0.4, -0.2) is 11.6 Å². The summed E-state index contributed by atoms with van der Waals surface area (Å²) in [5.41, 5.74) is 9.10. The predicted octanol–water partition coefficient (Wildman–Crippen LogP) is 6.22. The van der Waals surface area contributed by atoms with Gasteiger partial charge in [-0.15, -0.1) is 0 Å². The van der Waals surface area contributed by atoms with Crippen molar-refractivity contribution in [2.24, 2.45) is 0 Å². The maximum absolute atomic E-state index is 12.6. The van der Waals surface area contributed by atoms with E-state index in [9.17, 15) is 9.59 Å². The molecule has 0 heterocycles. The number of carbonyl (C=O) groups excluding carboxylic acids is 2. The smallest absolute Gasteiger partial charge is 0.189 e. The van der Waals surface area contributed by atoms with E-state index >= 15 is 0 Å². The third-order valence-electron chi connectivity index (χ3n) is 5.95. The molecule has 2 aliphatic rings. The van der Waals surface area contributed by atoms with Crippen molar-refractivity contribution in [3.63, 3.8) is 0 Å². The molecule has 0 radical (unpaired) electrons. The van der Waals surface area contributed by atoms with Crippen LogP contribution in [0.2, 0.25) is 0 Å². The molecular weight excluding hydrogens is 344 g/mol. The molecule has 0 aliphatic heterocycles. The maximum atomic E-state index is 12.6. The van der Waals surface area contributed by atoms with Gasteiger partial charge in [-0.3, -0.25) is 9.59 Å². The minimum absolute atomic E-state index is 0.0958. The Balaban J connectivity index is 1.93. The zero-order valence-electron chi connectivity index (χ0n) is 16.6. The highest BCUT2D eigenvalue weighted by Gasteiger charge is 2.26. The quantitative estimate of drug-likeness (QED) is 0.600. The second-order valence-corrected chi connectivity index (χ2v) is 7.41. The van der Waals surface area contributed by atoms with Crippen LogP contribution < -0.4 is 0 Å². The Kier molecular flexibility index (Phi) is 4.35. The summed E-state index contributed by atoms with van der Waals surface area (Å²) in [6.07, 6.45) is 4.17. The molecule has 2 aliphatic carbocycles. The summed E-state index contributed by atoms with van der Waals surface area (Å²) in [6.45, 7) is 7.77. The molecule has 0 saturated carbocycles. The van der Waals surface area contributed by atoms with Crippen LogP contribution in [0.4, 0.5) is 0 Å². The van der Waals surface area contributed by atoms with Crippen LogP contribution in [0.3, 0.4) is 0 Å². The van der Waals surface area contributed by atoms with Gasteiger partial charge < -0.3 is 0 Å². The van der Waals surface area contributed by atoms with Crippen molar-refractivity contribution in [3.05, 3.63) is 105 Å². The van der Waals surface area contributed by atoms with Crippen LogP contribution >= 0.6 is 0 Å². The van der Waals surface area contributed by atoms with Gasteiger partial charge in [-0.25, -0.2) is 0 Å². The van der Waals surface area contributed by atoms with Crippen molar-refractivity contribution < 1.29 is 9.59 Å². The average molecular weight is 366 g/mol. The van der Waals surface area contributed by atoms with Crippen LogP contribution in [0, 0.1) is 0 Å². The van der Waals surface area contributed by atoms with E-state index in [1.54, 1.807) is 0 Å². The van der Waals surface area contributed by atoms with Gasteiger partial charge in [0.05, 0.1) is 0 Å². The summed E-state index contributed by atoms with van der Waals surface area (Å²) in [5.74, 6) is 0.192. The van der Waals surface area contributed by atoms with E-state index in [1.807, 2.05) is 76.2 Å². The van der Waals surface area contributed by atoms with E-state index in [2.05, 4.69) is 12.2 Å². The van der Waals surface area contributed by atoms with Gasteiger partial charge in [-0.1, -0.05) is 60.7 Å². The van der Waals surface area contributed by atoms with Gasteiger partial charge in [0, 0.05) is 22.3 Å². The molecule has 2 heteroatoms. The molecule has 2 aromatic carbocycles. The van der Waals surface area contributed by atoms with Gasteiger partial charge in [0.15, 0.2) is 11.6 Å². The molecule has 0 N–H and O–H groups in total. The fourth-order valence-electron chi connectivity index (χ4n) is 3.98. The monoisotopic (exact) mass is 366 g/mol. The first kappa shape index (κ1) is 18.1. The molecule has 0 unspecified atom stereocenters. The van der Waals surface area contributed by atoms with E-state index in [0.717, 1.165) is 55.7 Å². The van der Waals surface area contributed by atoms with E-state index < -0.39 is 0 Å². The van der Waals surface area contributed by atoms with Gasteiger partial charge in [0.25, 0.3) is 0 Å². The molecule has 0 atom stereocenters. The Morgan fingerprint density at radius 2 is 0.821 bits per heavy atom. The van der Waals surface area contributed by atoms with Gasteiger partial charge in [-0.2, -0.15) is 0 Å². The normalized spacial score (nSPS) is 19.4. The van der Waals surface area contributed by atoms with Crippen LogP contribution in [0.25, 0.3) is 11.1 Å². The first-order valence-corrected chi connectivity index (χ1v) is 9.47. The van der Waals surface area contributed by atoms with Crippen molar-refractivity contribution in [2.75, 3.05) is 0 Å². The highest BCUT2D eigenvalue weighted by atomic mass is 16.1. The topological polar surface area (TPSA) is 34.1 Å². The lowest BCUT2D eigenvalue weighted by molar-refractivity contribution is 0.102. The molecule has 0 aromatic heterocycles. The number of ketones is 2. The summed E-state index contributed by atoms with van der Waals surface area (Å²) >= 11 is 0. The lowest BCUT2D eigenvalue weighted by Crippen LogP contribution is -2.13. The largest absolute Gasteiger partial charge is 0.289 e. The highest BCUT2D eigenvalue weighted by molar-refractivity contribution is 6.18. The number of benzene rings is 2. The lowest BCUT2D eigenvalue weighted by Gasteiger charge is -2.22. The summed E-state index contributed by atoms with van der Waals surface area (Å²) < 4.78 is 0. The van der Waals surface area contributed by atoms with Crippen molar-refractivity contribution in [1.29, 1.82) is 0 Å². The number of rotatable bonds is 1. The van der Waals surface area contributed by atoms with E-state index in [-0.39, 0.29) is 11.6 Å². The molecular formula is C26H22O2. The zero-order chi connectivity index (χ0) is 20.0. The van der Waals surface area contributed by atoms with E-state index in [4.69, 9.17) is 0 Å². The van der Waals surface area contributed by atoms with Crippen molar-refractivity contribution in [2.45, 2.75) is 27.7 Å². The van der Waals surface area contributed by atoms with Gasteiger partial charge >= 0.3 is 0 Å². The number of carbonyl (C=O) groups is 2. The summed E-state index contributed by atoms with van der Waals surface area (Å²) in [7, 11) is 0. The SMILES string of the molecule is CC1=C(C)/C(=C/C=C2/C(C)=C(C)C(=O)c3ccccc32)c2ccccc2C1=O. The number of allylic oxidation sites excluding steroid dienone is 8. The zero-order valence-corrected chi connectivity index (χ0v) is 16.6. The van der Waals surface area contributed by atoms with Gasteiger partial charge in [-0.05, 0) is 61.1 Å². The fraction of sp³-hybridized carbons (Fsp3) is 0.154. The number of fused-ring (bicyclic) bond motifs is 2. The number of hydrogen-bond donors (Lipinski definition) is 0. The number of hydrogen-bond acceptors (Lipinski definition) is 2. The minimum atomic E-state index is 0.0958. The van der Waals surface area contributed by atoms with Gasteiger partial charge in [0.2, 0.25) is 0 Å². The van der Waals surface area contributed by atoms with Crippen LogP contribution in [0.15, 0.2) is 83.0 Å². The van der Waals surface area contributed by atoms with Crippen molar-refractivity contribution in [1.82, 2.24) is 0 Å².